The highest BCUT2D eigenvalue weighted by atomic mass is 19.1. The van der Waals surface area contributed by atoms with Crippen molar-refractivity contribution < 1.29 is 32.5 Å². The third-order valence-electron chi connectivity index (χ3n) is 9.58. The Bertz CT molecular complexity index is 1510. The summed E-state index contributed by atoms with van der Waals surface area (Å²) in [6, 6.07) is 11.5. The Morgan fingerprint density at radius 2 is 1.82 bits per heavy atom. The summed E-state index contributed by atoms with van der Waals surface area (Å²) in [5, 5.41) is 9.51. The number of hydrogen-bond donors (Lipinski definition) is 1. The molecule has 40 heavy (non-hydrogen) atoms. The molecule has 6 rings (SSSR count). The molecule has 0 saturated heterocycles. The van der Waals surface area contributed by atoms with Crippen molar-refractivity contribution in [3.8, 4) is 22.6 Å². The lowest BCUT2D eigenvalue weighted by Gasteiger charge is -2.30. The molecule has 1 spiro atoms. The van der Waals surface area contributed by atoms with Crippen LogP contribution in [-0.4, -0.2) is 18.2 Å². The summed E-state index contributed by atoms with van der Waals surface area (Å²) in [7, 11) is 1.55. The molecule has 7 heteroatoms. The molecule has 3 atom stereocenters. The van der Waals surface area contributed by atoms with E-state index in [1.807, 2.05) is 18.2 Å². The first-order valence-electron chi connectivity index (χ1n) is 13.9. The van der Waals surface area contributed by atoms with Crippen molar-refractivity contribution in [2.24, 2.45) is 11.3 Å². The third-order valence-corrected chi connectivity index (χ3v) is 9.58. The summed E-state index contributed by atoms with van der Waals surface area (Å²) >= 11 is 0. The predicted molar refractivity (Wildman–Crippen MR) is 145 cm³/mol. The van der Waals surface area contributed by atoms with E-state index >= 15 is 13.2 Å². The second-order valence-corrected chi connectivity index (χ2v) is 12.3. The Hall–Kier alpha value is -3.48. The van der Waals surface area contributed by atoms with Crippen LogP contribution in [0.1, 0.15) is 74.1 Å². The van der Waals surface area contributed by atoms with E-state index in [0.717, 1.165) is 42.0 Å². The number of methoxy groups -OCH3 is 1. The highest BCUT2D eigenvalue weighted by molar-refractivity contribution is 5.78. The van der Waals surface area contributed by atoms with Gasteiger partial charge in [0, 0.05) is 22.6 Å². The van der Waals surface area contributed by atoms with Gasteiger partial charge in [-0.1, -0.05) is 38.5 Å². The zero-order chi connectivity index (χ0) is 28.4. The summed E-state index contributed by atoms with van der Waals surface area (Å²) in [5.41, 5.74) is 2.61. The molecular formula is C33H33F3O4. The number of aliphatic carboxylic acids is 1. The van der Waals surface area contributed by atoms with E-state index in [0.29, 0.717) is 30.6 Å². The van der Waals surface area contributed by atoms with E-state index in [1.165, 1.54) is 6.07 Å². The Morgan fingerprint density at radius 3 is 2.50 bits per heavy atom. The zero-order valence-corrected chi connectivity index (χ0v) is 23.0. The van der Waals surface area contributed by atoms with Crippen LogP contribution in [0, 0.1) is 28.8 Å². The molecule has 1 N–H and O–H groups in total. The smallest absolute Gasteiger partial charge is 0.307 e. The SMILES string of the molecule is COc1ccc(F)c(-c2ccc(COc3cc(F)c4c(c3F)[C@@]3(CC4)C[C@@H]3C(=O)O)cc2[C@@H]2CCCC2(C)C)c1. The molecule has 210 valence electrons. The average Bonchev–Trinajstić information content (AvgIpc) is 3.36. The maximum Gasteiger partial charge on any atom is 0.307 e. The Kier molecular flexibility index (Phi) is 6.39. The molecule has 0 aromatic heterocycles. The second kappa shape index (κ2) is 9.57. The van der Waals surface area contributed by atoms with Crippen LogP contribution in [0.2, 0.25) is 0 Å². The Labute approximate surface area is 232 Å². The van der Waals surface area contributed by atoms with Gasteiger partial charge in [0.1, 0.15) is 24.0 Å². The van der Waals surface area contributed by atoms with Gasteiger partial charge in [0.15, 0.2) is 11.6 Å². The molecule has 3 aliphatic carbocycles. The molecule has 0 amide bonds. The molecule has 0 radical (unpaired) electrons. The number of carbonyl (C=O) groups is 1. The number of halogens is 3. The van der Waals surface area contributed by atoms with Crippen molar-refractivity contribution in [2.75, 3.05) is 7.11 Å². The van der Waals surface area contributed by atoms with Crippen molar-refractivity contribution in [2.45, 2.75) is 70.3 Å². The van der Waals surface area contributed by atoms with Crippen LogP contribution in [0.3, 0.4) is 0 Å². The van der Waals surface area contributed by atoms with E-state index in [1.54, 1.807) is 19.2 Å². The van der Waals surface area contributed by atoms with Gasteiger partial charge in [0.05, 0.1) is 13.0 Å². The second-order valence-electron chi connectivity index (χ2n) is 12.3. The van der Waals surface area contributed by atoms with E-state index in [4.69, 9.17) is 9.47 Å². The zero-order valence-electron chi connectivity index (χ0n) is 23.0. The van der Waals surface area contributed by atoms with Gasteiger partial charge in [0.2, 0.25) is 0 Å². The molecule has 3 aliphatic rings. The molecule has 3 aromatic rings. The van der Waals surface area contributed by atoms with Crippen LogP contribution in [-0.2, 0) is 23.2 Å². The number of benzene rings is 3. The molecule has 0 bridgehead atoms. The van der Waals surface area contributed by atoms with Gasteiger partial charge in [-0.2, -0.15) is 0 Å². The van der Waals surface area contributed by atoms with Crippen molar-refractivity contribution in [3.63, 3.8) is 0 Å². The summed E-state index contributed by atoms with van der Waals surface area (Å²) < 4.78 is 57.0. The van der Waals surface area contributed by atoms with Crippen molar-refractivity contribution in [1.82, 2.24) is 0 Å². The van der Waals surface area contributed by atoms with Crippen LogP contribution >= 0.6 is 0 Å². The first-order chi connectivity index (χ1) is 19.1. The lowest BCUT2D eigenvalue weighted by Crippen LogP contribution is -2.17. The standard InChI is InChI=1S/C33H33F3O4/c1-32(2)11-4-5-24(32)22-13-18(6-8-20(22)23-14-19(39-3)7-9-26(23)34)17-40-28-15-27(35)21-10-12-33(29(21)30(28)36)16-25(33)31(37)38/h6-9,13-15,24-25H,4-5,10-12,16-17H2,1-3H3,(H,37,38)/t24-,25+,33-/m0/s1. The lowest BCUT2D eigenvalue weighted by atomic mass is 9.75. The number of carboxylic acid groups (broad SMARTS) is 1. The monoisotopic (exact) mass is 550 g/mol. The van der Waals surface area contributed by atoms with E-state index in [9.17, 15) is 9.90 Å². The minimum absolute atomic E-state index is 0.00841. The van der Waals surface area contributed by atoms with Gasteiger partial charge in [-0.05, 0) is 83.9 Å². The molecule has 0 heterocycles. The number of ether oxygens (including phenoxy) is 2. The fourth-order valence-corrected chi connectivity index (χ4v) is 7.30. The van der Waals surface area contributed by atoms with Gasteiger partial charge >= 0.3 is 5.97 Å². The van der Waals surface area contributed by atoms with Crippen LogP contribution in [0.15, 0.2) is 42.5 Å². The number of fused-ring (bicyclic) bond motifs is 2. The highest BCUT2D eigenvalue weighted by Crippen LogP contribution is 2.63. The van der Waals surface area contributed by atoms with Crippen LogP contribution in [0.5, 0.6) is 11.5 Å². The minimum Gasteiger partial charge on any atom is -0.497 e. The quantitative estimate of drug-likeness (QED) is 0.325. The molecule has 2 saturated carbocycles. The number of carboxylic acids is 1. The molecular weight excluding hydrogens is 517 g/mol. The van der Waals surface area contributed by atoms with Crippen molar-refractivity contribution in [1.29, 1.82) is 0 Å². The van der Waals surface area contributed by atoms with Gasteiger partial charge < -0.3 is 14.6 Å². The first kappa shape index (κ1) is 26.7. The fourth-order valence-electron chi connectivity index (χ4n) is 7.30. The van der Waals surface area contributed by atoms with Crippen molar-refractivity contribution in [3.05, 3.63) is 82.2 Å². The summed E-state index contributed by atoms with van der Waals surface area (Å²) in [6.45, 7) is 4.44. The molecule has 2 fully saturated rings. The van der Waals surface area contributed by atoms with Gasteiger partial charge in [0.25, 0.3) is 0 Å². The topological polar surface area (TPSA) is 55.8 Å². The average molecular weight is 551 g/mol. The largest absolute Gasteiger partial charge is 0.497 e. The lowest BCUT2D eigenvalue weighted by molar-refractivity contribution is -0.139. The Morgan fingerprint density at radius 1 is 1.02 bits per heavy atom. The summed E-state index contributed by atoms with van der Waals surface area (Å²) in [6.07, 6.45) is 4.16. The highest BCUT2D eigenvalue weighted by Gasteiger charge is 2.63. The maximum absolute atomic E-state index is 15.7. The van der Waals surface area contributed by atoms with Gasteiger partial charge in [-0.3, -0.25) is 4.79 Å². The van der Waals surface area contributed by atoms with E-state index < -0.39 is 28.9 Å². The molecule has 4 nitrogen and oxygen atoms in total. The summed E-state index contributed by atoms with van der Waals surface area (Å²) in [5.74, 6) is -2.70. The van der Waals surface area contributed by atoms with Crippen LogP contribution < -0.4 is 9.47 Å². The summed E-state index contributed by atoms with van der Waals surface area (Å²) in [4.78, 5) is 11.6. The maximum atomic E-state index is 15.7. The fraction of sp³-hybridized carbons (Fsp3) is 0.424. The molecule has 0 aliphatic heterocycles. The van der Waals surface area contributed by atoms with E-state index in [2.05, 4.69) is 13.8 Å². The number of hydrogen-bond acceptors (Lipinski definition) is 3. The minimum atomic E-state index is -0.978. The van der Waals surface area contributed by atoms with Crippen LogP contribution in [0.4, 0.5) is 13.2 Å². The number of rotatable bonds is 7. The van der Waals surface area contributed by atoms with Crippen molar-refractivity contribution >= 4 is 5.97 Å². The normalized spacial score (nSPS) is 24.2. The molecule has 3 aromatic carbocycles. The Balaban J connectivity index is 1.35. The van der Waals surface area contributed by atoms with Gasteiger partial charge in [-0.25, -0.2) is 13.2 Å². The van der Waals surface area contributed by atoms with Gasteiger partial charge in [-0.15, -0.1) is 0 Å². The first-order valence-corrected chi connectivity index (χ1v) is 13.9. The predicted octanol–water partition coefficient (Wildman–Crippen LogP) is 7.94. The molecule has 0 unspecified atom stereocenters. The third kappa shape index (κ3) is 4.25. The van der Waals surface area contributed by atoms with Crippen LogP contribution in [0.25, 0.3) is 11.1 Å². The van der Waals surface area contributed by atoms with E-state index in [-0.39, 0.29) is 40.6 Å².